The Balaban J connectivity index is -0.0000000186. The van der Waals surface area contributed by atoms with Crippen LogP contribution in [0.3, 0.4) is 0 Å². The Bertz CT molecular complexity index is 394. The molecule has 83 heavy (non-hydrogen) atoms. The molecule has 0 atom stereocenters. The van der Waals surface area contributed by atoms with E-state index in [2.05, 4.69) is 318 Å². The second-order valence-corrected chi connectivity index (χ2v) is 32.1. The maximum atomic E-state index is 2.19. The van der Waals surface area contributed by atoms with E-state index in [0.717, 1.165) is 0 Å². The average molecular weight is 1210 g/mol. The van der Waals surface area contributed by atoms with E-state index in [-0.39, 0.29) is 0 Å². The summed E-state index contributed by atoms with van der Waals surface area (Å²) in [7, 11) is 0. The molecule has 0 spiro atoms. The number of hydrogen-bond donors (Lipinski definition) is 0. The minimum Gasteiger partial charge on any atom is -0.0683 e. The van der Waals surface area contributed by atoms with Gasteiger partial charge in [-0.1, -0.05) is 504 Å². The Hall–Kier alpha value is 0. The van der Waals surface area contributed by atoms with Gasteiger partial charge in [0, 0.05) is 0 Å². The van der Waals surface area contributed by atoms with Crippen LogP contribution in [0, 0.1) is 54.1 Å². The van der Waals surface area contributed by atoms with Crippen LogP contribution in [0.15, 0.2) is 0 Å². The second kappa shape index (κ2) is 136. The summed E-state index contributed by atoms with van der Waals surface area (Å²) in [4.78, 5) is 0. The molecule has 0 bridgehead atoms. The van der Waals surface area contributed by atoms with E-state index >= 15 is 0 Å². The molecular weight excluding hydrogens is 997 g/mol. The molecule has 0 fully saturated rings. The average Bonchev–Trinajstić information content (AvgIpc) is 3.24. The van der Waals surface area contributed by atoms with E-state index in [1.807, 2.05) is 166 Å². The largest absolute Gasteiger partial charge is 0.0683 e. The smallest absolute Gasteiger partial charge is 0.0411 e. The van der Waals surface area contributed by atoms with Crippen molar-refractivity contribution in [1.29, 1.82) is 0 Å². The number of hydrogen-bond acceptors (Lipinski definition) is 0. The summed E-state index contributed by atoms with van der Waals surface area (Å²) in [6.07, 6.45) is 3.75. The molecule has 0 saturated carbocycles. The van der Waals surface area contributed by atoms with Gasteiger partial charge < -0.3 is 0 Å². The molecule has 0 heteroatoms. The van der Waals surface area contributed by atoms with Crippen LogP contribution in [0.25, 0.3) is 0 Å². The summed E-state index contributed by atoms with van der Waals surface area (Å²) < 4.78 is 0. The lowest BCUT2D eigenvalue weighted by Crippen LogP contribution is -1.93. The molecule has 0 aliphatic rings. The summed E-state index contributed by atoms with van der Waals surface area (Å²) in [5, 5.41) is 0. The van der Waals surface area contributed by atoms with Crippen molar-refractivity contribution in [2.75, 3.05) is 0 Å². The van der Waals surface area contributed by atoms with Gasteiger partial charge in [0.1, 0.15) is 0 Å². The van der Waals surface area contributed by atoms with E-state index in [0.29, 0.717) is 54.1 Å². The first kappa shape index (κ1) is 166. The van der Waals surface area contributed by atoms with E-state index in [1.54, 1.807) is 0 Å². The Labute approximate surface area is 555 Å². The molecule has 0 N–H and O–H groups in total. The molecule has 0 saturated heterocycles. The molecular formula is C83H216. The first-order valence-electron chi connectivity index (χ1n) is 36.2. The third-order valence-corrected chi connectivity index (χ3v) is 0. The minimum atomic E-state index is 0.500. The highest BCUT2D eigenvalue weighted by molar-refractivity contribution is 4.51. The molecule has 0 rings (SSSR count). The zero-order valence-corrected chi connectivity index (χ0v) is 77.1. The third-order valence-electron chi connectivity index (χ3n) is 0. The summed E-state index contributed by atoms with van der Waals surface area (Å²) in [6, 6.07) is 0. The second-order valence-electron chi connectivity index (χ2n) is 32.1. The van der Waals surface area contributed by atoms with Crippen LogP contribution in [-0.4, -0.2) is 0 Å². The third kappa shape index (κ3) is 0. The maximum Gasteiger partial charge on any atom is -0.0411 e. The predicted octanol–water partition coefficient (Wildman–Crippen LogP) is 37.1. The highest BCUT2D eigenvalue weighted by Crippen LogP contribution is 2.12. The van der Waals surface area contributed by atoms with Crippen LogP contribution in [0.2, 0.25) is 0 Å². The van der Waals surface area contributed by atoms with E-state index in [1.165, 1.54) is 19.3 Å². The van der Waals surface area contributed by atoms with Gasteiger partial charge >= 0.3 is 0 Å². The van der Waals surface area contributed by atoms with E-state index < -0.39 is 0 Å². The lowest BCUT2D eigenvalue weighted by atomic mass is 10.0. The van der Waals surface area contributed by atoms with Gasteiger partial charge in [0.15, 0.2) is 0 Å². The number of rotatable bonds is 0. The van der Waals surface area contributed by atoms with Crippen molar-refractivity contribution in [2.45, 2.75) is 504 Å². The fraction of sp³-hybridized carbons (Fsp3) is 1.00. The molecule has 0 aliphatic carbocycles. The molecule has 0 aliphatic heterocycles. The Morgan fingerprint density at radius 1 is 0.0964 bits per heavy atom. The van der Waals surface area contributed by atoms with Crippen LogP contribution >= 0.6 is 0 Å². The van der Waals surface area contributed by atoms with Gasteiger partial charge in [0.2, 0.25) is 0 Å². The van der Waals surface area contributed by atoms with Gasteiger partial charge in [-0.15, -0.1) is 0 Å². The van der Waals surface area contributed by atoms with Gasteiger partial charge in [-0.05, 0) is 54.1 Å². The van der Waals surface area contributed by atoms with Crippen molar-refractivity contribution in [3.63, 3.8) is 0 Å². The van der Waals surface area contributed by atoms with Crippen molar-refractivity contribution in [1.82, 2.24) is 0 Å². The Morgan fingerprint density at radius 3 is 0.0964 bits per heavy atom. The van der Waals surface area contributed by atoms with Gasteiger partial charge in [-0.2, -0.15) is 0 Å². The quantitative estimate of drug-likeness (QED) is 0.227. The molecule has 548 valence electrons. The van der Waals surface area contributed by atoms with Crippen molar-refractivity contribution in [2.24, 2.45) is 54.1 Å². The zero-order chi connectivity index (χ0) is 77.1. The lowest BCUT2D eigenvalue weighted by Gasteiger charge is -2.05. The van der Waals surface area contributed by atoms with Gasteiger partial charge in [0.25, 0.3) is 0 Å². The van der Waals surface area contributed by atoms with Crippen molar-refractivity contribution < 1.29 is 0 Å². The topological polar surface area (TPSA) is 0 Å². The fourth-order valence-electron chi connectivity index (χ4n) is 0. The maximum absolute atomic E-state index is 2.19. The van der Waals surface area contributed by atoms with Crippen LogP contribution in [0.1, 0.15) is 504 Å². The molecule has 0 aromatic carbocycles. The molecule has 0 amide bonds. The van der Waals surface area contributed by atoms with Crippen LogP contribution < -0.4 is 0 Å². The minimum absolute atomic E-state index is 0.500. The summed E-state index contributed by atoms with van der Waals surface area (Å²) in [6.45, 7) is 148. The van der Waals surface area contributed by atoms with Crippen molar-refractivity contribution >= 4 is 0 Å². The first-order valence-corrected chi connectivity index (χ1v) is 36.2. The monoisotopic (exact) mass is 1210 g/mol. The molecule has 0 nitrogen and oxygen atoms in total. The van der Waals surface area contributed by atoms with Crippen molar-refractivity contribution in [3.8, 4) is 0 Å². The summed E-state index contributed by atoms with van der Waals surface area (Å²) in [5.74, 6) is 0. The Kier molecular flexibility index (Phi) is 271. The van der Waals surface area contributed by atoms with Crippen molar-refractivity contribution in [3.05, 3.63) is 0 Å². The molecule has 0 unspecified atom stereocenters. The normalized spacial score (nSPS) is 8.75. The molecule has 0 aromatic heterocycles. The fourth-order valence-corrected chi connectivity index (χ4v) is 0. The molecule has 0 heterocycles. The Morgan fingerprint density at radius 2 is 0.0964 bits per heavy atom. The molecule has 0 radical (unpaired) electrons. The lowest BCUT2D eigenvalue weighted by molar-refractivity contribution is 0.469. The van der Waals surface area contributed by atoms with Crippen LogP contribution in [0.4, 0.5) is 0 Å². The SMILES string of the molecule is CC.CC.CC.CC.CC.CC.CC.CC.CC.CC.CC.CC.CC(C)(C)C.CC(C)(C)C.CC(C)(C)C.CC(C)(C)C.CC(C)(C)C.CC(C)(C)C.CC(C)(C)C.CC(C)(C)C.CC(C)(C)C.CC(C)(C)C.CCC.CCC.CCC. The van der Waals surface area contributed by atoms with E-state index in [4.69, 9.17) is 0 Å². The predicted molar refractivity (Wildman–Crippen MR) is 435 cm³/mol. The summed E-state index contributed by atoms with van der Waals surface area (Å²) >= 11 is 0. The standard InChI is InChI=1S/10C5H12.3C3H8.12C2H6/c10*1-5(2,3)4;3*1-3-2;12*1-2/h10*1-4H3;3*3H2,1-2H3;12*1-2H3. The van der Waals surface area contributed by atoms with Gasteiger partial charge in [-0.3, -0.25) is 0 Å². The molecule has 0 aromatic rings. The van der Waals surface area contributed by atoms with Gasteiger partial charge in [-0.25, -0.2) is 0 Å². The first-order chi connectivity index (χ1) is 36.2. The highest BCUT2D eigenvalue weighted by atomic mass is 14.1. The zero-order valence-electron chi connectivity index (χ0n) is 77.1. The highest BCUT2D eigenvalue weighted by Gasteiger charge is 1.99. The summed E-state index contributed by atoms with van der Waals surface area (Å²) in [5.41, 5.74) is 5.00. The van der Waals surface area contributed by atoms with Crippen LogP contribution in [-0.2, 0) is 0 Å². The van der Waals surface area contributed by atoms with E-state index in [9.17, 15) is 0 Å². The van der Waals surface area contributed by atoms with Crippen LogP contribution in [0.5, 0.6) is 0 Å². The van der Waals surface area contributed by atoms with Gasteiger partial charge in [0.05, 0.1) is 0 Å².